The summed E-state index contributed by atoms with van der Waals surface area (Å²) in [4.78, 5) is 30.6. The summed E-state index contributed by atoms with van der Waals surface area (Å²) in [7, 11) is 0. The molecule has 0 saturated carbocycles. The summed E-state index contributed by atoms with van der Waals surface area (Å²) >= 11 is 0. The molecule has 6 heteroatoms. The SMILES string of the molecule is CC(=O)n1c(O)c(C(=O)c2cnc[nH]2)c2ccccc21. The first kappa shape index (κ1) is 12.2. The maximum atomic E-state index is 12.4. The fraction of sp³-hybridized carbons (Fsp3) is 0.0714. The number of rotatable bonds is 2. The molecule has 3 rings (SSSR count). The third-order valence-electron chi connectivity index (χ3n) is 3.13. The second-order valence-corrected chi connectivity index (χ2v) is 4.36. The van der Waals surface area contributed by atoms with E-state index in [0.29, 0.717) is 10.9 Å². The maximum Gasteiger partial charge on any atom is 0.230 e. The first-order valence-corrected chi connectivity index (χ1v) is 5.97. The number of hydrogen-bond donors (Lipinski definition) is 2. The maximum absolute atomic E-state index is 12.4. The third-order valence-corrected chi connectivity index (χ3v) is 3.13. The van der Waals surface area contributed by atoms with Gasteiger partial charge in [-0.1, -0.05) is 18.2 Å². The molecule has 0 aliphatic heterocycles. The summed E-state index contributed by atoms with van der Waals surface area (Å²) in [5, 5.41) is 10.8. The predicted octanol–water partition coefficient (Wildman–Crippen LogP) is 1.96. The summed E-state index contributed by atoms with van der Waals surface area (Å²) in [5.41, 5.74) is 0.854. The standard InChI is InChI=1S/C14H11N3O3/c1-8(18)17-11-5-3-2-4-9(11)12(14(17)20)13(19)10-6-15-7-16-10/h2-7,20H,1H3,(H,15,16). The van der Waals surface area contributed by atoms with Crippen molar-refractivity contribution in [2.24, 2.45) is 0 Å². The van der Waals surface area contributed by atoms with Crippen LogP contribution in [-0.4, -0.2) is 31.3 Å². The van der Waals surface area contributed by atoms with Gasteiger partial charge in [0.05, 0.1) is 23.6 Å². The number of carbonyl (C=O) groups is 2. The van der Waals surface area contributed by atoms with Crippen LogP contribution in [0.5, 0.6) is 5.88 Å². The lowest BCUT2D eigenvalue weighted by atomic mass is 10.1. The number of aromatic hydroxyl groups is 1. The Morgan fingerprint density at radius 1 is 1.30 bits per heavy atom. The van der Waals surface area contributed by atoms with Crippen LogP contribution < -0.4 is 0 Å². The molecule has 0 amide bonds. The second-order valence-electron chi connectivity index (χ2n) is 4.36. The lowest BCUT2D eigenvalue weighted by molar-refractivity contribution is 0.0933. The minimum atomic E-state index is -0.406. The van der Waals surface area contributed by atoms with Gasteiger partial charge in [-0.25, -0.2) is 4.98 Å². The molecule has 0 spiro atoms. The summed E-state index contributed by atoms with van der Waals surface area (Å²) < 4.78 is 1.12. The Morgan fingerprint density at radius 3 is 2.70 bits per heavy atom. The van der Waals surface area contributed by atoms with Crippen molar-refractivity contribution in [3.63, 3.8) is 0 Å². The molecule has 2 N–H and O–H groups in total. The van der Waals surface area contributed by atoms with Crippen molar-refractivity contribution in [2.75, 3.05) is 0 Å². The van der Waals surface area contributed by atoms with Crippen molar-refractivity contribution in [1.82, 2.24) is 14.5 Å². The van der Waals surface area contributed by atoms with E-state index in [4.69, 9.17) is 0 Å². The Morgan fingerprint density at radius 2 is 2.05 bits per heavy atom. The van der Waals surface area contributed by atoms with Gasteiger partial charge in [0.2, 0.25) is 17.6 Å². The van der Waals surface area contributed by atoms with Gasteiger partial charge in [0.25, 0.3) is 0 Å². The van der Waals surface area contributed by atoms with Gasteiger partial charge in [0.1, 0.15) is 5.69 Å². The highest BCUT2D eigenvalue weighted by Gasteiger charge is 2.25. The molecule has 0 bridgehead atoms. The Hall–Kier alpha value is -2.89. The van der Waals surface area contributed by atoms with E-state index in [-0.39, 0.29) is 23.0 Å². The van der Waals surface area contributed by atoms with Crippen LogP contribution in [0, 0.1) is 0 Å². The molecule has 0 radical (unpaired) electrons. The minimum absolute atomic E-state index is 0.0973. The molecule has 1 aromatic carbocycles. The van der Waals surface area contributed by atoms with Crippen molar-refractivity contribution in [3.8, 4) is 5.88 Å². The fourth-order valence-electron chi connectivity index (χ4n) is 2.28. The molecule has 3 aromatic rings. The van der Waals surface area contributed by atoms with E-state index in [2.05, 4.69) is 9.97 Å². The van der Waals surface area contributed by atoms with E-state index in [9.17, 15) is 14.7 Å². The van der Waals surface area contributed by atoms with Crippen LogP contribution in [0.15, 0.2) is 36.8 Å². The van der Waals surface area contributed by atoms with E-state index < -0.39 is 5.78 Å². The average Bonchev–Trinajstić information content (AvgIpc) is 3.02. The van der Waals surface area contributed by atoms with Crippen LogP contribution in [0.4, 0.5) is 0 Å². The van der Waals surface area contributed by atoms with Crippen LogP contribution in [-0.2, 0) is 0 Å². The van der Waals surface area contributed by atoms with Gasteiger partial charge in [-0.15, -0.1) is 0 Å². The van der Waals surface area contributed by atoms with E-state index in [0.717, 1.165) is 4.57 Å². The van der Waals surface area contributed by atoms with E-state index in [1.807, 2.05) is 0 Å². The van der Waals surface area contributed by atoms with Gasteiger partial charge in [-0.2, -0.15) is 0 Å². The molecular formula is C14H11N3O3. The van der Waals surface area contributed by atoms with E-state index >= 15 is 0 Å². The zero-order chi connectivity index (χ0) is 14.3. The number of benzene rings is 1. The molecule has 2 heterocycles. The molecule has 0 aliphatic rings. The van der Waals surface area contributed by atoms with Gasteiger partial charge in [-0.3, -0.25) is 14.2 Å². The summed E-state index contributed by atoms with van der Waals surface area (Å²) in [5.74, 6) is -1.11. The molecule has 0 aliphatic carbocycles. The zero-order valence-electron chi connectivity index (χ0n) is 10.6. The lowest BCUT2D eigenvalue weighted by Gasteiger charge is -2.00. The van der Waals surface area contributed by atoms with Crippen molar-refractivity contribution in [1.29, 1.82) is 0 Å². The number of aromatic amines is 1. The van der Waals surface area contributed by atoms with Crippen LogP contribution in [0.1, 0.15) is 27.8 Å². The number of aromatic nitrogens is 3. The second kappa shape index (κ2) is 4.34. The number of ketones is 1. The van der Waals surface area contributed by atoms with Gasteiger partial charge in [0.15, 0.2) is 0 Å². The number of nitrogens with zero attached hydrogens (tertiary/aromatic N) is 2. The van der Waals surface area contributed by atoms with Crippen molar-refractivity contribution in [3.05, 3.63) is 48.0 Å². The number of carbonyl (C=O) groups excluding carboxylic acids is 2. The quantitative estimate of drug-likeness (QED) is 0.696. The van der Waals surface area contributed by atoms with E-state index in [1.54, 1.807) is 24.3 Å². The summed E-state index contributed by atoms with van der Waals surface area (Å²) in [6.07, 6.45) is 2.76. The molecule has 2 aromatic heterocycles. The zero-order valence-corrected chi connectivity index (χ0v) is 10.6. The third kappa shape index (κ3) is 1.62. The van der Waals surface area contributed by atoms with Gasteiger partial charge < -0.3 is 10.1 Å². The molecule has 0 fully saturated rings. The van der Waals surface area contributed by atoms with Crippen molar-refractivity contribution >= 4 is 22.6 Å². The first-order valence-electron chi connectivity index (χ1n) is 5.97. The number of para-hydroxylation sites is 1. The number of hydrogen-bond acceptors (Lipinski definition) is 4. The topological polar surface area (TPSA) is 88.0 Å². The van der Waals surface area contributed by atoms with Crippen LogP contribution in [0.3, 0.4) is 0 Å². The van der Waals surface area contributed by atoms with Crippen LogP contribution >= 0.6 is 0 Å². The van der Waals surface area contributed by atoms with Crippen molar-refractivity contribution < 1.29 is 14.7 Å². The Labute approximate surface area is 113 Å². The number of H-pyrrole nitrogens is 1. The van der Waals surface area contributed by atoms with Crippen LogP contribution in [0.25, 0.3) is 10.9 Å². The molecular weight excluding hydrogens is 258 g/mol. The van der Waals surface area contributed by atoms with Crippen molar-refractivity contribution in [2.45, 2.75) is 6.92 Å². The fourth-order valence-corrected chi connectivity index (χ4v) is 2.28. The monoisotopic (exact) mass is 269 g/mol. The molecule has 100 valence electrons. The highest BCUT2D eigenvalue weighted by Crippen LogP contribution is 2.32. The van der Waals surface area contributed by atoms with Gasteiger partial charge >= 0.3 is 0 Å². The van der Waals surface area contributed by atoms with Crippen LogP contribution in [0.2, 0.25) is 0 Å². The highest BCUT2D eigenvalue weighted by molar-refractivity contribution is 6.18. The summed E-state index contributed by atoms with van der Waals surface area (Å²) in [6, 6.07) is 6.86. The minimum Gasteiger partial charge on any atom is -0.494 e. The normalized spacial score (nSPS) is 10.8. The van der Waals surface area contributed by atoms with Gasteiger partial charge in [-0.05, 0) is 6.07 Å². The molecule has 0 unspecified atom stereocenters. The number of imidazole rings is 1. The molecule has 20 heavy (non-hydrogen) atoms. The average molecular weight is 269 g/mol. The summed E-state index contributed by atoms with van der Waals surface area (Å²) in [6.45, 7) is 1.33. The van der Waals surface area contributed by atoms with Gasteiger partial charge in [0, 0.05) is 12.3 Å². The largest absolute Gasteiger partial charge is 0.494 e. The molecule has 0 atom stereocenters. The number of nitrogens with one attached hydrogen (secondary N) is 1. The number of fused-ring (bicyclic) bond motifs is 1. The Bertz CT molecular complexity index is 816. The Kier molecular flexibility index (Phi) is 2.64. The highest BCUT2D eigenvalue weighted by atomic mass is 16.3. The van der Waals surface area contributed by atoms with E-state index in [1.165, 1.54) is 19.4 Å². The Balaban J connectivity index is 2.34. The molecule has 6 nitrogen and oxygen atoms in total. The smallest absolute Gasteiger partial charge is 0.230 e. The lowest BCUT2D eigenvalue weighted by Crippen LogP contribution is -2.06. The molecule has 0 saturated heterocycles. The predicted molar refractivity (Wildman–Crippen MR) is 71.9 cm³/mol. The first-order chi connectivity index (χ1) is 9.61.